The van der Waals surface area contributed by atoms with Gasteiger partial charge in [0.15, 0.2) is 0 Å². The van der Waals surface area contributed by atoms with Crippen LogP contribution in [0.4, 0.5) is 0 Å². The lowest BCUT2D eigenvalue weighted by Crippen LogP contribution is -2.08. The molecular formula is C14H18O4. The lowest BCUT2D eigenvalue weighted by Gasteiger charge is -2.08. The van der Waals surface area contributed by atoms with E-state index >= 15 is 0 Å². The Morgan fingerprint density at radius 3 is 2.50 bits per heavy atom. The minimum Gasteiger partial charge on any atom is -0.478 e. The summed E-state index contributed by atoms with van der Waals surface area (Å²) < 4.78 is 5.14. The minimum atomic E-state index is -0.954. The Labute approximate surface area is 107 Å². The average Bonchev–Trinajstić information content (AvgIpc) is 2.29. The van der Waals surface area contributed by atoms with E-state index in [1.165, 1.54) is 12.1 Å². The molecule has 0 radical (unpaired) electrons. The van der Waals surface area contributed by atoms with E-state index in [1.807, 2.05) is 13.8 Å². The van der Waals surface area contributed by atoms with Crippen molar-refractivity contribution in [3.05, 3.63) is 29.3 Å². The third-order valence-electron chi connectivity index (χ3n) is 2.51. The van der Waals surface area contributed by atoms with Gasteiger partial charge in [0, 0.05) is 6.42 Å². The Bertz CT molecular complexity index is 437. The molecule has 0 saturated carbocycles. The summed E-state index contributed by atoms with van der Waals surface area (Å²) in [6.07, 6.45) is 2.59. The van der Waals surface area contributed by atoms with Gasteiger partial charge in [0.25, 0.3) is 0 Å². The fraction of sp³-hybridized carbons (Fsp3) is 0.429. The van der Waals surface area contributed by atoms with Crippen LogP contribution in [0.1, 0.15) is 49.0 Å². The summed E-state index contributed by atoms with van der Waals surface area (Å²) in [5, 5.41) is 9.04. The number of hydrogen-bond acceptors (Lipinski definition) is 3. The van der Waals surface area contributed by atoms with Crippen molar-refractivity contribution in [2.45, 2.75) is 39.5 Å². The molecule has 98 valence electrons. The molecule has 0 unspecified atom stereocenters. The highest BCUT2D eigenvalue weighted by atomic mass is 16.5. The highest BCUT2D eigenvalue weighted by Gasteiger charge is 2.12. The van der Waals surface area contributed by atoms with Crippen LogP contribution in [-0.2, 0) is 11.2 Å². The van der Waals surface area contributed by atoms with Crippen molar-refractivity contribution >= 4 is 11.9 Å². The summed E-state index contributed by atoms with van der Waals surface area (Å²) in [6, 6.07) is 4.65. The van der Waals surface area contributed by atoms with Gasteiger partial charge in [0.2, 0.25) is 0 Å². The number of carboxylic acids is 1. The van der Waals surface area contributed by atoms with Crippen LogP contribution >= 0.6 is 0 Å². The smallest absolute Gasteiger partial charge is 0.335 e. The molecule has 1 N–H and O–H groups in total. The number of esters is 1. The van der Waals surface area contributed by atoms with Gasteiger partial charge in [0.1, 0.15) is 5.75 Å². The van der Waals surface area contributed by atoms with E-state index in [9.17, 15) is 9.59 Å². The van der Waals surface area contributed by atoms with Crippen LogP contribution in [0.3, 0.4) is 0 Å². The number of rotatable bonds is 6. The average molecular weight is 250 g/mol. The molecular weight excluding hydrogens is 232 g/mol. The predicted octanol–water partition coefficient (Wildman–Crippen LogP) is 3.04. The Morgan fingerprint density at radius 1 is 1.22 bits per heavy atom. The molecule has 4 nitrogen and oxygen atoms in total. The van der Waals surface area contributed by atoms with Gasteiger partial charge in [-0.2, -0.15) is 0 Å². The Hall–Kier alpha value is -1.84. The monoisotopic (exact) mass is 250 g/mol. The normalized spacial score (nSPS) is 10.1. The maximum atomic E-state index is 11.4. The number of aromatic carboxylic acids is 1. The molecule has 0 aliphatic rings. The molecule has 0 aliphatic heterocycles. The van der Waals surface area contributed by atoms with Crippen LogP contribution in [-0.4, -0.2) is 17.0 Å². The van der Waals surface area contributed by atoms with Gasteiger partial charge < -0.3 is 9.84 Å². The molecule has 0 aromatic heterocycles. The third kappa shape index (κ3) is 3.87. The fourth-order valence-corrected chi connectivity index (χ4v) is 1.70. The van der Waals surface area contributed by atoms with Crippen molar-refractivity contribution in [3.8, 4) is 5.75 Å². The second-order valence-corrected chi connectivity index (χ2v) is 4.10. The summed E-state index contributed by atoms with van der Waals surface area (Å²) in [7, 11) is 0. The molecule has 1 aromatic carbocycles. The molecule has 18 heavy (non-hydrogen) atoms. The van der Waals surface area contributed by atoms with Crippen molar-refractivity contribution in [2.75, 3.05) is 0 Å². The van der Waals surface area contributed by atoms with Gasteiger partial charge in [-0.05, 0) is 36.6 Å². The predicted molar refractivity (Wildman–Crippen MR) is 67.9 cm³/mol. The zero-order chi connectivity index (χ0) is 13.5. The molecule has 1 rings (SSSR count). The quantitative estimate of drug-likeness (QED) is 0.622. The van der Waals surface area contributed by atoms with Crippen LogP contribution < -0.4 is 4.74 Å². The van der Waals surface area contributed by atoms with E-state index in [4.69, 9.17) is 9.84 Å². The number of carbonyl (C=O) groups excluding carboxylic acids is 1. The first-order valence-corrected chi connectivity index (χ1v) is 6.15. The van der Waals surface area contributed by atoms with Gasteiger partial charge in [-0.25, -0.2) is 4.79 Å². The summed E-state index contributed by atoms with van der Waals surface area (Å²) in [5.41, 5.74) is 0.971. The highest BCUT2D eigenvalue weighted by molar-refractivity contribution is 5.89. The van der Waals surface area contributed by atoms with Crippen LogP contribution in [0.5, 0.6) is 5.75 Å². The number of carboxylic acid groups (broad SMARTS) is 1. The molecule has 0 bridgehead atoms. The van der Waals surface area contributed by atoms with Crippen molar-refractivity contribution in [1.29, 1.82) is 0 Å². The Kier molecular flexibility index (Phi) is 5.36. The van der Waals surface area contributed by atoms with Gasteiger partial charge in [-0.1, -0.05) is 20.3 Å². The Balaban J connectivity index is 2.92. The standard InChI is InChI=1S/C14H18O4/c1-3-5-10-9-11(18-13(15)6-4-2)7-8-12(10)14(16)17/h7-9H,3-6H2,1-2H3,(H,16,17). The first-order valence-electron chi connectivity index (χ1n) is 6.15. The third-order valence-corrected chi connectivity index (χ3v) is 2.51. The second kappa shape index (κ2) is 6.79. The molecule has 0 heterocycles. The van der Waals surface area contributed by atoms with E-state index in [-0.39, 0.29) is 11.5 Å². The SMILES string of the molecule is CCCC(=O)Oc1ccc(C(=O)O)c(CCC)c1. The van der Waals surface area contributed by atoms with Crippen LogP contribution in [0, 0.1) is 0 Å². The molecule has 4 heteroatoms. The number of benzene rings is 1. The van der Waals surface area contributed by atoms with Crippen LogP contribution in [0.2, 0.25) is 0 Å². The molecule has 0 fully saturated rings. The van der Waals surface area contributed by atoms with Crippen molar-refractivity contribution < 1.29 is 19.4 Å². The van der Waals surface area contributed by atoms with Crippen molar-refractivity contribution in [3.63, 3.8) is 0 Å². The summed E-state index contributed by atoms with van der Waals surface area (Å²) in [4.78, 5) is 22.4. The first-order chi connectivity index (χ1) is 8.58. The van der Waals surface area contributed by atoms with Crippen LogP contribution in [0.25, 0.3) is 0 Å². The van der Waals surface area contributed by atoms with Gasteiger partial charge in [0.05, 0.1) is 5.56 Å². The lowest BCUT2D eigenvalue weighted by atomic mass is 10.0. The number of ether oxygens (including phenoxy) is 1. The molecule has 1 aromatic rings. The molecule has 0 spiro atoms. The largest absolute Gasteiger partial charge is 0.478 e. The zero-order valence-corrected chi connectivity index (χ0v) is 10.7. The maximum absolute atomic E-state index is 11.4. The van der Waals surface area contributed by atoms with Crippen molar-refractivity contribution in [2.24, 2.45) is 0 Å². The minimum absolute atomic E-state index is 0.271. The fourth-order valence-electron chi connectivity index (χ4n) is 1.70. The topological polar surface area (TPSA) is 63.6 Å². The van der Waals surface area contributed by atoms with Gasteiger partial charge in [-0.3, -0.25) is 4.79 Å². The maximum Gasteiger partial charge on any atom is 0.335 e. The molecule has 0 amide bonds. The number of hydrogen-bond donors (Lipinski definition) is 1. The van der Waals surface area contributed by atoms with Crippen molar-refractivity contribution in [1.82, 2.24) is 0 Å². The summed E-state index contributed by atoms with van der Waals surface area (Å²) >= 11 is 0. The van der Waals surface area contributed by atoms with Gasteiger partial charge >= 0.3 is 11.9 Å². The van der Waals surface area contributed by atoms with Gasteiger partial charge in [-0.15, -0.1) is 0 Å². The number of aryl methyl sites for hydroxylation is 1. The highest BCUT2D eigenvalue weighted by Crippen LogP contribution is 2.20. The molecule has 0 atom stereocenters. The van der Waals surface area contributed by atoms with E-state index < -0.39 is 5.97 Å². The Morgan fingerprint density at radius 2 is 1.94 bits per heavy atom. The number of carbonyl (C=O) groups is 2. The molecule has 0 saturated heterocycles. The second-order valence-electron chi connectivity index (χ2n) is 4.10. The van der Waals surface area contributed by atoms with E-state index in [0.29, 0.717) is 24.2 Å². The van der Waals surface area contributed by atoms with E-state index in [1.54, 1.807) is 6.07 Å². The summed E-state index contributed by atoms with van der Waals surface area (Å²) in [6.45, 7) is 3.87. The van der Waals surface area contributed by atoms with Crippen LogP contribution in [0.15, 0.2) is 18.2 Å². The lowest BCUT2D eigenvalue weighted by molar-refractivity contribution is -0.134. The zero-order valence-electron chi connectivity index (χ0n) is 10.7. The van der Waals surface area contributed by atoms with E-state index in [2.05, 4.69) is 0 Å². The summed E-state index contributed by atoms with van der Waals surface area (Å²) in [5.74, 6) is -0.824. The molecule has 0 aliphatic carbocycles. The van der Waals surface area contributed by atoms with E-state index in [0.717, 1.165) is 12.8 Å². The first kappa shape index (κ1) is 14.2.